The molecule has 1 unspecified atom stereocenters. The van der Waals surface area contributed by atoms with Crippen molar-refractivity contribution >= 4 is 17.9 Å². The van der Waals surface area contributed by atoms with Gasteiger partial charge >= 0.3 is 17.9 Å². The van der Waals surface area contributed by atoms with Gasteiger partial charge in [0.25, 0.3) is 0 Å². The van der Waals surface area contributed by atoms with Gasteiger partial charge in [0.15, 0.2) is 6.10 Å². The average molecular weight is 960 g/mol. The molecule has 0 aliphatic heterocycles. The van der Waals surface area contributed by atoms with E-state index >= 15 is 0 Å². The number of unbranched alkanes of at least 4 members (excludes halogenated alkanes) is 44. The van der Waals surface area contributed by atoms with Gasteiger partial charge in [0.1, 0.15) is 13.2 Å². The highest BCUT2D eigenvalue weighted by atomic mass is 16.6. The van der Waals surface area contributed by atoms with Gasteiger partial charge in [0.05, 0.1) is 0 Å². The molecular formula is C62H118O6. The second-order valence-electron chi connectivity index (χ2n) is 21.0. The summed E-state index contributed by atoms with van der Waals surface area (Å²) in [7, 11) is 0. The Balaban J connectivity index is 4.20. The Morgan fingerprint density at radius 1 is 0.279 bits per heavy atom. The number of carbonyl (C=O) groups excluding carboxylic acids is 3. The molecule has 0 amide bonds. The van der Waals surface area contributed by atoms with Crippen LogP contribution in [0.5, 0.6) is 0 Å². The molecule has 6 nitrogen and oxygen atoms in total. The maximum absolute atomic E-state index is 12.9. The van der Waals surface area contributed by atoms with Crippen LogP contribution in [0.2, 0.25) is 0 Å². The molecule has 0 fully saturated rings. The van der Waals surface area contributed by atoms with Crippen LogP contribution < -0.4 is 0 Å². The Kier molecular flexibility index (Phi) is 56.2. The average Bonchev–Trinajstić information content (AvgIpc) is 3.34. The fourth-order valence-corrected chi connectivity index (χ4v) is 9.38. The second kappa shape index (κ2) is 57.7. The van der Waals surface area contributed by atoms with Crippen molar-refractivity contribution in [2.45, 2.75) is 354 Å². The van der Waals surface area contributed by atoms with Gasteiger partial charge in [-0.1, -0.05) is 296 Å². The summed E-state index contributed by atoms with van der Waals surface area (Å²) in [5, 5.41) is 0. The second-order valence-corrected chi connectivity index (χ2v) is 21.0. The van der Waals surface area contributed by atoms with Gasteiger partial charge in [0.2, 0.25) is 0 Å². The molecule has 0 heterocycles. The number of carbonyl (C=O) groups is 3. The molecule has 1 atom stereocenters. The van der Waals surface area contributed by atoms with E-state index in [9.17, 15) is 14.4 Å². The third-order valence-corrected chi connectivity index (χ3v) is 14.0. The molecule has 0 aromatic heterocycles. The van der Waals surface area contributed by atoms with Crippen molar-refractivity contribution in [1.82, 2.24) is 0 Å². The van der Waals surface area contributed by atoms with E-state index in [4.69, 9.17) is 14.2 Å². The predicted octanol–water partition coefficient (Wildman–Crippen LogP) is 20.5. The van der Waals surface area contributed by atoms with Gasteiger partial charge in [-0.2, -0.15) is 0 Å². The number of esters is 3. The third-order valence-electron chi connectivity index (χ3n) is 14.0. The number of allylic oxidation sites excluding steroid dienone is 2. The minimum atomic E-state index is -0.766. The third kappa shape index (κ3) is 55.1. The number of hydrogen-bond donors (Lipinski definition) is 0. The highest BCUT2D eigenvalue weighted by molar-refractivity contribution is 5.71. The van der Waals surface area contributed by atoms with Gasteiger partial charge in [-0.05, 0) is 44.9 Å². The Labute approximate surface area is 424 Å². The molecule has 0 aromatic carbocycles. The monoisotopic (exact) mass is 959 g/mol. The normalized spacial score (nSPS) is 12.0. The molecule has 402 valence electrons. The summed E-state index contributed by atoms with van der Waals surface area (Å²) in [6, 6.07) is 0. The number of ether oxygens (including phenoxy) is 3. The maximum Gasteiger partial charge on any atom is 0.306 e. The van der Waals surface area contributed by atoms with Crippen molar-refractivity contribution in [3.63, 3.8) is 0 Å². The lowest BCUT2D eigenvalue weighted by atomic mass is 10.0. The molecule has 0 spiro atoms. The van der Waals surface area contributed by atoms with Crippen LogP contribution in [0.3, 0.4) is 0 Å². The van der Waals surface area contributed by atoms with Crippen LogP contribution in [0.25, 0.3) is 0 Å². The standard InChI is InChI=1S/C62H118O6/c1-4-7-10-13-16-19-22-24-26-28-30-31-32-33-35-36-38-40-43-46-49-52-55-61(64)67-58-59(57-66-60(63)54-51-48-45-42-21-18-15-12-9-6-3)68-62(65)56-53-50-47-44-41-39-37-34-29-27-25-23-20-17-14-11-8-5-2/h27,29,59H,4-26,28,30-58H2,1-3H3/b29-27-. The molecule has 0 aliphatic rings. The molecule has 0 aliphatic carbocycles. The summed E-state index contributed by atoms with van der Waals surface area (Å²) in [6.07, 6.45) is 66.5. The smallest absolute Gasteiger partial charge is 0.306 e. The molecule has 0 saturated heterocycles. The van der Waals surface area contributed by atoms with Crippen LogP contribution in [0, 0.1) is 0 Å². The summed E-state index contributed by atoms with van der Waals surface area (Å²) in [6.45, 7) is 6.69. The van der Waals surface area contributed by atoms with E-state index in [-0.39, 0.29) is 31.1 Å². The van der Waals surface area contributed by atoms with Crippen molar-refractivity contribution in [2.75, 3.05) is 13.2 Å². The van der Waals surface area contributed by atoms with Gasteiger partial charge in [-0.25, -0.2) is 0 Å². The molecule has 6 heteroatoms. The quantitative estimate of drug-likeness (QED) is 0.0262. The first kappa shape index (κ1) is 66.2. The van der Waals surface area contributed by atoms with Crippen LogP contribution >= 0.6 is 0 Å². The highest BCUT2D eigenvalue weighted by Crippen LogP contribution is 2.18. The summed E-state index contributed by atoms with van der Waals surface area (Å²) in [4.78, 5) is 38.1. The minimum Gasteiger partial charge on any atom is -0.462 e. The van der Waals surface area contributed by atoms with Crippen molar-refractivity contribution < 1.29 is 28.6 Å². The van der Waals surface area contributed by atoms with E-state index in [0.29, 0.717) is 19.3 Å². The molecule has 0 rings (SSSR count). The first-order valence-electron chi connectivity index (χ1n) is 30.7. The number of hydrogen-bond acceptors (Lipinski definition) is 6. The number of rotatable bonds is 57. The lowest BCUT2D eigenvalue weighted by molar-refractivity contribution is -0.167. The topological polar surface area (TPSA) is 78.9 Å². The Bertz CT molecular complexity index is 1060. The predicted molar refractivity (Wildman–Crippen MR) is 293 cm³/mol. The van der Waals surface area contributed by atoms with Gasteiger partial charge < -0.3 is 14.2 Å². The van der Waals surface area contributed by atoms with Crippen LogP contribution in [-0.4, -0.2) is 37.2 Å². The van der Waals surface area contributed by atoms with E-state index in [0.717, 1.165) is 57.8 Å². The summed E-state index contributed by atoms with van der Waals surface area (Å²) in [5.74, 6) is -0.846. The Morgan fingerprint density at radius 3 is 0.735 bits per heavy atom. The largest absolute Gasteiger partial charge is 0.462 e. The first-order chi connectivity index (χ1) is 33.5. The Morgan fingerprint density at radius 2 is 0.485 bits per heavy atom. The van der Waals surface area contributed by atoms with Crippen LogP contribution in [0.15, 0.2) is 12.2 Å². The molecule has 0 radical (unpaired) electrons. The first-order valence-corrected chi connectivity index (χ1v) is 30.7. The molecular weight excluding hydrogens is 841 g/mol. The van der Waals surface area contributed by atoms with Gasteiger partial charge in [-0.15, -0.1) is 0 Å². The van der Waals surface area contributed by atoms with Crippen LogP contribution in [0.1, 0.15) is 348 Å². The van der Waals surface area contributed by atoms with Crippen molar-refractivity contribution in [1.29, 1.82) is 0 Å². The van der Waals surface area contributed by atoms with E-state index in [1.165, 1.54) is 250 Å². The molecule has 0 bridgehead atoms. The van der Waals surface area contributed by atoms with E-state index in [1.54, 1.807) is 0 Å². The molecule has 0 N–H and O–H groups in total. The van der Waals surface area contributed by atoms with E-state index < -0.39 is 6.10 Å². The fraction of sp³-hybridized carbons (Fsp3) is 0.919. The summed E-state index contributed by atoms with van der Waals surface area (Å²) < 4.78 is 16.9. The van der Waals surface area contributed by atoms with E-state index in [1.807, 2.05) is 0 Å². The zero-order valence-corrected chi connectivity index (χ0v) is 46.2. The zero-order valence-electron chi connectivity index (χ0n) is 46.2. The zero-order chi connectivity index (χ0) is 49.3. The summed E-state index contributed by atoms with van der Waals surface area (Å²) >= 11 is 0. The Hall–Kier alpha value is -1.85. The fourth-order valence-electron chi connectivity index (χ4n) is 9.38. The minimum absolute atomic E-state index is 0.0657. The van der Waals surface area contributed by atoms with Crippen molar-refractivity contribution in [3.8, 4) is 0 Å². The SMILES string of the molecule is CCCCCCCCC/C=C\CCCCCCCCCC(=O)OC(COC(=O)CCCCCCCCCCCC)COC(=O)CCCCCCCCCCCCCCCCCCCCCCCC. The van der Waals surface area contributed by atoms with Crippen LogP contribution in [0.4, 0.5) is 0 Å². The van der Waals surface area contributed by atoms with Crippen molar-refractivity contribution in [3.05, 3.63) is 12.2 Å². The maximum atomic E-state index is 12.9. The van der Waals surface area contributed by atoms with Gasteiger partial charge in [0, 0.05) is 19.3 Å². The molecule has 0 saturated carbocycles. The van der Waals surface area contributed by atoms with Crippen LogP contribution in [-0.2, 0) is 28.6 Å². The molecule has 68 heavy (non-hydrogen) atoms. The molecule has 0 aromatic rings. The van der Waals surface area contributed by atoms with Gasteiger partial charge in [-0.3, -0.25) is 14.4 Å². The highest BCUT2D eigenvalue weighted by Gasteiger charge is 2.19. The lowest BCUT2D eigenvalue weighted by Crippen LogP contribution is -2.30. The lowest BCUT2D eigenvalue weighted by Gasteiger charge is -2.18. The van der Waals surface area contributed by atoms with Crippen molar-refractivity contribution in [2.24, 2.45) is 0 Å². The summed E-state index contributed by atoms with van der Waals surface area (Å²) in [5.41, 5.74) is 0. The van der Waals surface area contributed by atoms with E-state index in [2.05, 4.69) is 32.9 Å².